The van der Waals surface area contributed by atoms with Gasteiger partial charge in [-0.05, 0) is 74.4 Å². The molecule has 3 aromatic rings. The number of thioether (sulfide) groups is 1. The number of rotatable bonds is 7. The van der Waals surface area contributed by atoms with E-state index in [9.17, 15) is 9.59 Å². The second-order valence-electron chi connectivity index (χ2n) is 9.16. The second kappa shape index (κ2) is 10.6. The first-order valence-corrected chi connectivity index (χ1v) is 13.2. The maximum Gasteiger partial charge on any atom is 0.237 e. The minimum absolute atomic E-state index is 0.0853. The molecule has 0 spiro atoms. The third-order valence-corrected chi connectivity index (χ3v) is 7.67. The molecule has 9 heteroatoms. The van der Waals surface area contributed by atoms with Crippen molar-refractivity contribution in [2.24, 2.45) is 0 Å². The highest BCUT2D eigenvalue weighted by Crippen LogP contribution is 2.29. The van der Waals surface area contributed by atoms with Gasteiger partial charge in [0.15, 0.2) is 11.0 Å². The SMILES string of the molecule is C[C@H](Sc1nnc(CN2CCCCCC2=O)n1-c1cccnc1)C(=O)Nc1ccc2c(c1)CCC2. The standard InChI is InChI=1S/C26H30N6O2S/c1-18(25(34)28-21-12-11-19-7-5-8-20(19)15-21)35-26-30-29-23(32(26)22-9-6-13-27-16-22)17-31-14-4-2-3-10-24(31)33/h6,9,11-13,15-16,18H,2-5,7-8,10,14,17H2,1H3,(H,28,34)/t18-/m0/s1. The second-order valence-corrected chi connectivity index (χ2v) is 10.5. The summed E-state index contributed by atoms with van der Waals surface area (Å²) in [5.74, 6) is 0.736. The molecule has 2 aromatic heterocycles. The first-order valence-electron chi connectivity index (χ1n) is 12.3. The van der Waals surface area contributed by atoms with E-state index in [-0.39, 0.29) is 11.8 Å². The van der Waals surface area contributed by atoms with Gasteiger partial charge in [0.1, 0.15) is 0 Å². The number of aromatic nitrogens is 4. The minimum Gasteiger partial charge on any atom is -0.335 e. The molecule has 1 saturated heterocycles. The van der Waals surface area contributed by atoms with E-state index in [1.165, 1.54) is 29.3 Å². The Morgan fingerprint density at radius 1 is 1.09 bits per heavy atom. The molecule has 1 aliphatic heterocycles. The monoisotopic (exact) mass is 490 g/mol. The van der Waals surface area contributed by atoms with E-state index in [0.29, 0.717) is 23.9 Å². The van der Waals surface area contributed by atoms with Crippen LogP contribution in [0.3, 0.4) is 0 Å². The summed E-state index contributed by atoms with van der Waals surface area (Å²) in [5, 5.41) is 12.1. The Balaban J connectivity index is 1.35. The van der Waals surface area contributed by atoms with Gasteiger partial charge >= 0.3 is 0 Å². The van der Waals surface area contributed by atoms with Gasteiger partial charge in [-0.25, -0.2) is 0 Å². The average Bonchev–Trinajstić information content (AvgIpc) is 3.44. The molecule has 0 unspecified atom stereocenters. The summed E-state index contributed by atoms with van der Waals surface area (Å²) in [7, 11) is 0. The lowest BCUT2D eigenvalue weighted by molar-refractivity contribution is -0.131. The van der Waals surface area contributed by atoms with Crippen LogP contribution in [0.15, 0.2) is 47.9 Å². The summed E-state index contributed by atoms with van der Waals surface area (Å²) in [4.78, 5) is 31.7. The fraction of sp³-hybridized carbons (Fsp3) is 0.423. The van der Waals surface area contributed by atoms with Crippen LogP contribution in [-0.2, 0) is 29.0 Å². The smallest absolute Gasteiger partial charge is 0.237 e. The van der Waals surface area contributed by atoms with Crippen molar-refractivity contribution in [3.63, 3.8) is 0 Å². The number of benzene rings is 1. The van der Waals surface area contributed by atoms with Crippen LogP contribution in [0.5, 0.6) is 0 Å². The van der Waals surface area contributed by atoms with Gasteiger partial charge in [-0.1, -0.05) is 24.2 Å². The number of amides is 2. The first kappa shape index (κ1) is 23.5. The van der Waals surface area contributed by atoms with Crippen LogP contribution in [0.1, 0.15) is 56.0 Å². The number of fused-ring (bicyclic) bond motifs is 1. The molecule has 182 valence electrons. The van der Waals surface area contributed by atoms with Gasteiger partial charge in [0, 0.05) is 24.8 Å². The fourth-order valence-corrected chi connectivity index (χ4v) is 5.59. The fourth-order valence-electron chi connectivity index (χ4n) is 4.71. The number of aryl methyl sites for hydroxylation is 2. The molecule has 1 atom stereocenters. The Bertz CT molecular complexity index is 1210. The van der Waals surface area contributed by atoms with E-state index in [4.69, 9.17) is 0 Å². The van der Waals surface area contributed by atoms with Crippen molar-refractivity contribution in [3.8, 4) is 5.69 Å². The number of carbonyl (C=O) groups is 2. The molecule has 0 radical (unpaired) electrons. The Morgan fingerprint density at radius 2 is 1.97 bits per heavy atom. The number of anilines is 1. The van der Waals surface area contributed by atoms with Crippen molar-refractivity contribution in [2.45, 2.75) is 68.8 Å². The van der Waals surface area contributed by atoms with Crippen LogP contribution < -0.4 is 5.32 Å². The lowest BCUT2D eigenvalue weighted by Gasteiger charge is -2.20. The summed E-state index contributed by atoms with van der Waals surface area (Å²) in [6.45, 7) is 2.98. The number of pyridine rings is 1. The largest absolute Gasteiger partial charge is 0.335 e. The highest BCUT2D eigenvalue weighted by atomic mass is 32.2. The van der Waals surface area contributed by atoms with Crippen LogP contribution >= 0.6 is 11.8 Å². The van der Waals surface area contributed by atoms with E-state index in [1.54, 1.807) is 12.4 Å². The zero-order chi connectivity index (χ0) is 24.2. The van der Waals surface area contributed by atoms with E-state index in [0.717, 1.165) is 50.0 Å². The van der Waals surface area contributed by atoms with Gasteiger partial charge in [0.05, 0.1) is 23.7 Å². The van der Waals surface area contributed by atoms with Crippen molar-refractivity contribution in [1.82, 2.24) is 24.6 Å². The molecule has 3 heterocycles. The molecular weight excluding hydrogens is 460 g/mol. The highest BCUT2D eigenvalue weighted by molar-refractivity contribution is 8.00. The summed E-state index contributed by atoms with van der Waals surface area (Å²) >= 11 is 1.35. The predicted octanol–water partition coefficient (Wildman–Crippen LogP) is 4.17. The Labute approximate surface area is 209 Å². The third-order valence-electron chi connectivity index (χ3n) is 6.63. The zero-order valence-electron chi connectivity index (χ0n) is 19.9. The number of hydrogen-bond donors (Lipinski definition) is 1. The lowest BCUT2D eigenvalue weighted by atomic mass is 10.1. The molecule has 0 bridgehead atoms. The van der Waals surface area contributed by atoms with E-state index < -0.39 is 5.25 Å². The summed E-state index contributed by atoms with van der Waals surface area (Å²) < 4.78 is 1.91. The quantitative estimate of drug-likeness (QED) is 0.500. The molecule has 1 fully saturated rings. The van der Waals surface area contributed by atoms with E-state index in [2.05, 4.69) is 32.6 Å². The van der Waals surface area contributed by atoms with Gasteiger partial charge in [0.25, 0.3) is 0 Å². The molecule has 2 amide bonds. The molecule has 2 aliphatic rings. The molecule has 1 N–H and O–H groups in total. The third kappa shape index (κ3) is 5.40. The van der Waals surface area contributed by atoms with Crippen molar-refractivity contribution >= 4 is 29.3 Å². The van der Waals surface area contributed by atoms with Crippen LogP contribution in [0, 0.1) is 0 Å². The number of nitrogens with zero attached hydrogens (tertiary/aromatic N) is 5. The molecular formula is C26H30N6O2S. The van der Waals surface area contributed by atoms with E-state index in [1.807, 2.05) is 34.6 Å². The van der Waals surface area contributed by atoms with Crippen molar-refractivity contribution in [1.29, 1.82) is 0 Å². The van der Waals surface area contributed by atoms with Crippen LogP contribution in [0.25, 0.3) is 5.69 Å². The molecule has 1 aromatic carbocycles. The summed E-state index contributed by atoms with van der Waals surface area (Å²) in [6.07, 6.45) is 10.4. The topological polar surface area (TPSA) is 93.0 Å². The molecule has 35 heavy (non-hydrogen) atoms. The maximum atomic E-state index is 13.0. The van der Waals surface area contributed by atoms with Gasteiger partial charge in [-0.2, -0.15) is 0 Å². The van der Waals surface area contributed by atoms with Crippen LogP contribution in [-0.4, -0.2) is 48.3 Å². The number of likely N-dealkylation sites (tertiary alicyclic amines) is 1. The first-order chi connectivity index (χ1) is 17.1. The normalized spacial score (nSPS) is 16.6. The summed E-state index contributed by atoms with van der Waals surface area (Å²) in [6, 6.07) is 9.98. The van der Waals surface area contributed by atoms with Crippen LogP contribution in [0.4, 0.5) is 5.69 Å². The Morgan fingerprint density at radius 3 is 2.83 bits per heavy atom. The number of hydrogen-bond acceptors (Lipinski definition) is 6. The zero-order valence-corrected chi connectivity index (χ0v) is 20.8. The average molecular weight is 491 g/mol. The van der Waals surface area contributed by atoms with Gasteiger partial charge < -0.3 is 10.2 Å². The predicted molar refractivity (Wildman–Crippen MR) is 135 cm³/mol. The number of nitrogens with one attached hydrogen (secondary N) is 1. The minimum atomic E-state index is -0.393. The van der Waals surface area contributed by atoms with Crippen molar-refractivity contribution in [3.05, 3.63) is 59.7 Å². The molecule has 1 aliphatic carbocycles. The Hall–Kier alpha value is -3.20. The van der Waals surface area contributed by atoms with Gasteiger partial charge in [0.2, 0.25) is 11.8 Å². The van der Waals surface area contributed by atoms with E-state index >= 15 is 0 Å². The Kier molecular flexibility index (Phi) is 7.13. The van der Waals surface area contributed by atoms with Gasteiger partial charge in [-0.3, -0.25) is 19.1 Å². The highest BCUT2D eigenvalue weighted by Gasteiger charge is 2.25. The maximum absolute atomic E-state index is 13.0. The summed E-state index contributed by atoms with van der Waals surface area (Å²) in [5.41, 5.74) is 4.35. The van der Waals surface area contributed by atoms with Crippen molar-refractivity contribution < 1.29 is 9.59 Å². The van der Waals surface area contributed by atoms with Crippen LogP contribution in [0.2, 0.25) is 0 Å². The van der Waals surface area contributed by atoms with Crippen molar-refractivity contribution in [2.75, 3.05) is 11.9 Å². The molecule has 8 nitrogen and oxygen atoms in total. The molecule has 5 rings (SSSR count). The molecule has 0 saturated carbocycles. The number of carbonyl (C=O) groups excluding carboxylic acids is 2. The van der Waals surface area contributed by atoms with Gasteiger partial charge in [-0.15, -0.1) is 10.2 Å². The lowest BCUT2D eigenvalue weighted by Crippen LogP contribution is -2.31.